The van der Waals surface area contributed by atoms with Gasteiger partial charge in [0.2, 0.25) is 0 Å². The van der Waals surface area contributed by atoms with Crippen LogP contribution in [0.25, 0.3) is 10.9 Å². The largest absolute Gasteiger partial charge is 0.462 e. The number of nitrogens with one attached hydrogen (secondary N) is 1. The third-order valence-corrected chi connectivity index (χ3v) is 9.56. The van der Waals surface area contributed by atoms with Crippen LogP contribution >= 0.6 is 0 Å². The third-order valence-electron chi connectivity index (χ3n) is 9.56. The number of fused-ring (bicyclic) bond motifs is 1. The molecule has 3 N–H and O–H groups in total. The number of hydrogen-bond acceptors (Lipinski definition) is 11. The van der Waals surface area contributed by atoms with Crippen molar-refractivity contribution in [3.05, 3.63) is 66.0 Å². The summed E-state index contributed by atoms with van der Waals surface area (Å²) < 4.78 is 19.5. The molecule has 7 rings (SSSR count). The first-order valence-electron chi connectivity index (χ1n) is 17.0. The molecule has 1 unspecified atom stereocenters. The molecule has 14 heteroatoms. The van der Waals surface area contributed by atoms with Crippen LogP contribution in [0.2, 0.25) is 0 Å². The fourth-order valence-electron chi connectivity index (χ4n) is 6.70. The molecule has 258 valence electrons. The van der Waals surface area contributed by atoms with Crippen molar-refractivity contribution in [3.8, 4) is 6.01 Å². The lowest BCUT2D eigenvalue weighted by Crippen LogP contribution is -2.49. The van der Waals surface area contributed by atoms with Crippen LogP contribution in [0.4, 0.5) is 22.0 Å². The van der Waals surface area contributed by atoms with Crippen molar-refractivity contribution in [3.63, 3.8) is 0 Å². The third kappa shape index (κ3) is 7.25. The van der Waals surface area contributed by atoms with E-state index in [2.05, 4.69) is 27.3 Å². The molecule has 3 fully saturated rings. The minimum atomic E-state index is -0.485. The standard InChI is InChI=1S/C35H43N9O5/c1-41-15-8-11-25(41)23-48-34-39-31(33(45)38-27-12-7-13-28-26(27)21-37-44(28)29-14-5-6-20-47-29)30(36)32(40-34)42-16-18-43(19-17-42)35(46)49-22-24-9-3-2-4-10-24/h2-4,7,9-10,12-13,21,25,29H,5-6,8,11,14-20,22-23,36H2,1H3,(H,38,45)/t25-,29?/m0/s1. The number of likely N-dealkylation sites (N-methyl/N-ethyl adjacent to an activating group) is 1. The Balaban J connectivity index is 1.10. The Morgan fingerprint density at radius 1 is 0.980 bits per heavy atom. The first-order chi connectivity index (χ1) is 23.9. The second kappa shape index (κ2) is 14.7. The van der Waals surface area contributed by atoms with Crippen molar-refractivity contribution < 1.29 is 23.8 Å². The highest BCUT2D eigenvalue weighted by Gasteiger charge is 2.29. The summed E-state index contributed by atoms with van der Waals surface area (Å²) in [5.41, 5.74) is 9.20. The second-order valence-electron chi connectivity index (χ2n) is 12.8. The molecule has 14 nitrogen and oxygen atoms in total. The van der Waals surface area contributed by atoms with Gasteiger partial charge >= 0.3 is 12.1 Å². The topological polar surface area (TPSA) is 153 Å². The molecular formula is C35H43N9O5. The number of nitrogens with two attached hydrogens (primary N) is 1. The first kappa shape index (κ1) is 32.6. The van der Waals surface area contributed by atoms with Crippen molar-refractivity contribution in [1.29, 1.82) is 0 Å². The maximum atomic E-state index is 13.9. The zero-order valence-corrected chi connectivity index (χ0v) is 27.8. The number of amides is 2. The lowest BCUT2D eigenvalue weighted by molar-refractivity contribution is -0.0366. The monoisotopic (exact) mass is 669 g/mol. The number of rotatable bonds is 9. The van der Waals surface area contributed by atoms with Crippen molar-refractivity contribution in [2.45, 2.75) is 51.0 Å². The number of aromatic nitrogens is 4. The molecule has 5 heterocycles. The Morgan fingerprint density at radius 2 is 1.82 bits per heavy atom. The minimum Gasteiger partial charge on any atom is -0.462 e. The molecular weight excluding hydrogens is 626 g/mol. The molecule has 2 atom stereocenters. The maximum absolute atomic E-state index is 13.9. The summed E-state index contributed by atoms with van der Waals surface area (Å²) >= 11 is 0. The van der Waals surface area contributed by atoms with E-state index in [0.717, 1.165) is 55.1 Å². The molecule has 0 aliphatic carbocycles. The number of anilines is 3. The van der Waals surface area contributed by atoms with Gasteiger partial charge in [0.1, 0.15) is 18.9 Å². The van der Waals surface area contributed by atoms with Gasteiger partial charge < -0.3 is 40.0 Å². The summed E-state index contributed by atoms with van der Waals surface area (Å²) in [4.78, 5) is 41.8. The number of carbonyl (C=O) groups excluding carboxylic acids is 2. The molecule has 0 spiro atoms. The number of likely N-dealkylation sites (tertiary alicyclic amines) is 1. The minimum absolute atomic E-state index is 0.0180. The first-order valence-corrected chi connectivity index (χ1v) is 17.0. The lowest BCUT2D eigenvalue weighted by Gasteiger charge is -2.35. The molecule has 2 aromatic heterocycles. The van der Waals surface area contributed by atoms with Crippen molar-refractivity contribution >= 4 is 40.1 Å². The van der Waals surface area contributed by atoms with Gasteiger partial charge in [0.25, 0.3) is 5.91 Å². The van der Waals surface area contributed by atoms with E-state index in [-0.39, 0.29) is 42.4 Å². The van der Waals surface area contributed by atoms with Gasteiger partial charge in [-0.05, 0) is 63.4 Å². The van der Waals surface area contributed by atoms with Crippen LogP contribution in [-0.4, -0.2) is 101 Å². The van der Waals surface area contributed by atoms with E-state index in [0.29, 0.717) is 50.9 Å². The van der Waals surface area contributed by atoms with Gasteiger partial charge in [-0.15, -0.1) is 0 Å². The number of hydrogen-bond donors (Lipinski definition) is 2. The number of nitrogen functional groups attached to an aromatic ring is 1. The molecule has 3 aliphatic rings. The Labute approximate surface area is 285 Å². The highest BCUT2D eigenvalue weighted by atomic mass is 16.6. The Kier molecular flexibility index (Phi) is 9.75. The van der Waals surface area contributed by atoms with Gasteiger partial charge in [-0.3, -0.25) is 4.79 Å². The highest BCUT2D eigenvalue weighted by molar-refractivity contribution is 6.11. The average molecular weight is 670 g/mol. The maximum Gasteiger partial charge on any atom is 0.410 e. The summed E-state index contributed by atoms with van der Waals surface area (Å²) in [5.74, 6) is -0.0889. The van der Waals surface area contributed by atoms with Gasteiger partial charge in [-0.1, -0.05) is 36.4 Å². The zero-order chi connectivity index (χ0) is 33.7. The van der Waals surface area contributed by atoms with Crippen LogP contribution in [0.1, 0.15) is 54.4 Å². The molecule has 0 bridgehead atoms. The smallest absolute Gasteiger partial charge is 0.410 e. The molecule has 2 amide bonds. The van der Waals surface area contributed by atoms with E-state index in [1.54, 1.807) is 11.1 Å². The van der Waals surface area contributed by atoms with Gasteiger partial charge in [0.05, 0.1) is 17.4 Å². The van der Waals surface area contributed by atoms with Crippen LogP contribution in [0.15, 0.2) is 54.7 Å². The number of nitrogens with zero attached hydrogens (tertiary/aromatic N) is 7. The fraction of sp³-hybridized carbons (Fsp3) is 0.457. The zero-order valence-electron chi connectivity index (χ0n) is 27.8. The van der Waals surface area contributed by atoms with E-state index >= 15 is 0 Å². The molecule has 3 aliphatic heterocycles. The van der Waals surface area contributed by atoms with Crippen LogP contribution in [0.5, 0.6) is 6.01 Å². The highest BCUT2D eigenvalue weighted by Crippen LogP contribution is 2.32. The van der Waals surface area contributed by atoms with E-state index in [9.17, 15) is 9.59 Å². The average Bonchev–Trinajstić information content (AvgIpc) is 3.77. The molecule has 3 saturated heterocycles. The lowest BCUT2D eigenvalue weighted by atomic mass is 10.1. The van der Waals surface area contributed by atoms with E-state index in [1.807, 2.05) is 58.1 Å². The quantitative estimate of drug-likeness (QED) is 0.262. The Hall–Kier alpha value is -4.95. The van der Waals surface area contributed by atoms with Crippen molar-refractivity contribution in [2.24, 2.45) is 0 Å². The Bertz CT molecular complexity index is 1770. The number of ether oxygens (including phenoxy) is 3. The summed E-state index contributed by atoms with van der Waals surface area (Å²) in [6, 6.07) is 15.6. The summed E-state index contributed by atoms with van der Waals surface area (Å²) in [7, 11) is 2.07. The predicted octanol–water partition coefficient (Wildman–Crippen LogP) is 4.29. The number of carbonyl (C=O) groups is 2. The predicted molar refractivity (Wildman–Crippen MR) is 185 cm³/mol. The molecule has 0 radical (unpaired) electrons. The van der Waals surface area contributed by atoms with E-state index < -0.39 is 5.91 Å². The molecule has 0 saturated carbocycles. The second-order valence-corrected chi connectivity index (χ2v) is 12.8. The molecule has 4 aromatic rings. The van der Waals surface area contributed by atoms with Gasteiger partial charge in [0.15, 0.2) is 17.7 Å². The molecule has 2 aromatic carbocycles. The normalized spacial score (nSPS) is 20.0. The van der Waals surface area contributed by atoms with Crippen molar-refractivity contribution in [1.82, 2.24) is 29.5 Å². The van der Waals surface area contributed by atoms with Crippen LogP contribution < -0.4 is 20.7 Å². The molecule has 49 heavy (non-hydrogen) atoms. The Morgan fingerprint density at radius 3 is 2.57 bits per heavy atom. The van der Waals surface area contributed by atoms with Crippen molar-refractivity contribution in [2.75, 3.05) is 68.9 Å². The van der Waals surface area contributed by atoms with Crippen LogP contribution in [0.3, 0.4) is 0 Å². The SMILES string of the molecule is CN1CCC[C@H]1COc1nc(C(=O)Nc2cccc3c2cnn3C2CCCCO2)c(N)c(N2CCN(C(=O)OCc3ccccc3)CC2)n1. The summed E-state index contributed by atoms with van der Waals surface area (Å²) in [6.07, 6.45) is 6.34. The summed E-state index contributed by atoms with van der Waals surface area (Å²) in [6.45, 7) is 3.98. The van der Waals surface area contributed by atoms with Crippen LogP contribution in [-0.2, 0) is 16.1 Å². The van der Waals surface area contributed by atoms with E-state index in [4.69, 9.17) is 24.9 Å². The fourth-order valence-corrected chi connectivity index (χ4v) is 6.70. The van der Waals surface area contributed by atoms with Gasteiger partial charge in [-0.25, -0.2) is 9.48 Å². The van der Waals surface area contributed by atoms with Gasteiger partial charge in [-0.2, -0.15) is 15.1 Å². The van der Waals surface area contributed by atoms with Gasteiger partial charge in [0, 0.05) is 44.2 Å². The number of benzene rings is 2. The number of piperazine rings is 1. The van der Waals surface area contributed by atoms with Crippen LogP contribution in [0, 0.1) is 0 Å². The van der Waals surface area contributed by atoms with E-state index in [1.165, 1.54) is 0 Å². The summed E-state index contributed by atoms with van der Waals surface area (Å²) in [5, 5.41) is 8.40.